The molecule has 2 aromatic rings. The van der Waals surface area contributed by atoms with Crippen LogP contribution in [0.1, 0.15) is 29.4 Å². The van der Waals surface area contributed by atoms with E-state index in [9.17, 15) is 13.6 Å². The maximum atomic E-state index is 13.1. The van der Waals surface area contributed by atoms with Gasteiger partial charge in [-0.15, -0.1) is 0 Å². The van der Waals surface area contributed by atoms with Crippen LogP contribution in [0.3, 0.4) is 0 Å². The maximum absolute atomic E-state index is 13.1. The van der Waals surface area contributed by atoms with Gasteiger partial charge in [0, 0.05) is 19.2 Å². The van der Waals surface area contributed by atoms with Crippen LogP contribution in [0.15, 0.2) is 30.5 Å². The van der Waals surface area contributed by atoms with Crippen molar-refractivity contribution in [1.29, 1.82) is 0 Å². The van der Waals surface area contributed by atoms with Gasteiger partial charge in [0.05, 0.1) is 0 Å². The van der Waals surface area contributed by atoms with E-state index >= 15 is 0 Å². The van der Waals surface area contributed by atoms with Gasteiger partial charge in [-0.05, 0) is 30.2 Å². The number of ketones is 1. The van der Waals surface area contributed by atoms with E-state index in [0.29, 0.717) is 17.8 Å². The third kappa shape index (κ3) is 3.05. The van der Waals surface area contributed by atoms with Gasteiger partial charge in [0.25, 0.3) is 0 Å². The van der Waals surface area contributed by atoms with Crippen molar-refractivity contribution in [3.8, 4) is 0 Å². The van der Waals surface area contributed by atoms with E-state index in [-0.39, 0.29) is 12.2 Å². The molecule has 100 valence electrons. The van der Waals surface area contributed by atoms with Crippen molar-refractivity contribution < 1.29 is 13.6 Å². The first-order valence-corrected chi connectivity index (χ1v) is 6.10. The molecule has 0 aliphatic rings. The lowest BCUT2D eigenvalue weighted by molar-refractivity contribution is 0.0982. The first kappa shape index (κ1) is 13.4. The molecule has 0 spiro atoms. The Labute approximate surface area is 109 Å². The van der Waals surface area contributed by atoms with Crippen molar-refractivity contribution in [3.63, 3.8) is 0 Å². The zero-order valence-corrected chi connectivity index (χ0v) is 10.6. The molecule has 0 amide bonds. The van der Waals surface area contributed by atoms with Crippen LogP contribution >= 0.6 is 0 Å². The van der Waals surface area contributed by atoms with Gasteiger partial charge in [-0.3, -0.25) is 9.48 Å². The average molecular weight is 264 g/mol. The molecule has 19 heavy (non-hydrogen) atoms. The first-order valence-electron chi connectivity index (χ1n) is 6.10. The molecule has 0 atom stereocenters. The van der Waals surface area contributed by atoms with Crippen LogP contribution in [-0.4, -0.2) is 15.6 Å². The van der Waals surface area contributed by atoms with Crippen LogP contribution in [0.4, 0.5) is 8.78 Å². The number of hydrogen-bond donors (Lipinski definition) is 0. The summed E-state index contributed by atoms with van der Waals surface area (Å²) in [5.74, 6) is -2.00. The number of Topliss-reactive ketones (excluding diaryl/α,β-unsaturated/α-hetero) is 1. The number of rotatable bonds is 5. The molecule has 3 nitrogen and oxygen atoms in total. The van der Waals surface area contributed by atoms with Gasteiger partial charge in [-0.25, -0.2) is 8.78 Å². The van der Waals surface area contributed by atoms with Crippen molar-refractivity contribution in [2.75, 3.05) is 0 Å². The summed E-state index contributed by atoms with van der Waals surface area (Å²) in [6.07, 6.45) is 2.47. The summed E-state index contributed by atoms with van der Waals surface area (Å²) in [7, 11) is 0. The van der Waals surface area contributed by atoms with E-state index in [1.165, 1.54) is 6.07 Å². The Bertz CT molecular complexity index is 593. The molecule has 0 aliphatic heterocycles. The number of carbonyl (C=O) groups is 1. The molecule has 0 saturated heterocycles. The molecule has 1 aromatic heterocycles. The lowest BCUT2D eigenvalue weighted by atomic mass is 10.1. The van der Waals surface area contributed by atoms with Gasteiger partial charge >= 0.3 is 0 Å². The molecule has 0 fully saturated rings. The summed E-state index contributed by atoms with van der Waals surface area (Å²) in [6, 6.07) is 5.13. The standard InChI is InChI=1S/C14H14F2N2O/c1-2-7-18-13(5-6-17-18)14(19)9-10-3-4-11(15)12(16)8-10/h3-6,8H,2,7,9H2,1H3. The molecule has 0 saturated carbocycles. The smallest absolute Gasteiger partial charge is 0.185 e. The second-order valence-electron chi connectivity index (χ2n) is 4.29. The Hall–Kier alpha value is -2.04. The molecule has 0 unspecified atom stereocenters. The fourth-order valence-electron chi connectivity index (χ4n) is 1.89. The van der Waals surface area contributed by atoms with Crippen molar-refractivity contribution in [3.05, 3.63) is 53.4 Å². The highest BCUT2D eigenvalue weighted by molar-refractivity contribution is 5.95. The van der Waals surface area contributed by atoms with Gasteiger partial charge in [0.15, 0.2) is 17.4 Å². The highest BCUT2D eigenvalue weighted by atomic mass is 19.2. The van der Waals surface area contributed by atoms with Gasteiger partial charge < -0.3 is 0 Å². The molecule has 0 aliphatic carbocycles. The highest BCUT2D eigenvalue weighted by Gasteiger charge is 2.13. The Morgan fingerprint density at radius 1 is 1.26 bits per heavy atom. The summed E-state index contributed by atoms with van der Waals surface area (Å²) in [5.41, 5.74) is 0.944. The molecule has 2 rings (SSSR count). The maximum Gasteiger partial charge on any atom is 0.185 e. The second kappa shape index (κ2) is 5.73. The van der Waals surface area contributed by atoms with Gasteiger partial charge in [-0.2, -0.15) is 5.10 Å². The van der Waals surface area contributed by atoms with E-state index in [0.717, 1.165) is 18.6 Å². The quantitative estimate of drug-likeness (QED) is 0.778. The first-order chi connectivity index (χ1) is 9.11. The Kier molecular flexibility index (Phi) is 4.04. The van der Waals surface area contributed by atoms with E-state index in [1.54, 1.807) is 16.9 Å². The van der Waals surface area contributed by atoms with Crippen LogP contribution in [0, 0.1) is 11.6 Å². The van der Waals surface area contributed by atoms with Crippen molar-refractivity contribution in [1.82, 2.24) is 9.78 Å². The predicted octanol–water partition coefficient (Wildman–Crippen LogP) is 3.00. The van der Waals surface area contributed by atoms with Gasteiger partial charge in [-0.1, -0.05) is 13.0 Å². The zero-order valence-electron chi connectivity index (χ0n) is 10.6. The SMILES string of the molecule is CCCn1nccc1C(=O)Cc1ccc(F)c(F)c1. The lowest BCUT2D eigenvalue weighted by Crippen LogP contribution is -2.12. The number of nitrogens with zero attached hydrogens (tertiary/aromatic N) is 2. The molecule has 0 radical (unpaired) electrons. The minimum Gasteiger partial charge on any atom is -0.292 e. The number of aryl methyl sites for hydroxylation is 1. The number of benzene rings is 1. The summed E-state index contributed by atoms with van der Waals surface area (Å²) < 4.78 is 27.5. The third-order valence-electron chi connectivity index (χ3n) is 2.79. The number of aromatic nitrogens is 2. The van der Waals surface area contributed by atoms with Crippen LogP contribution in [0.5, 0.6) is 0 Å². The van der Waals surface area contributed by atoms with E-state index < -0.39 is 11.6 Å². The molecule has 1 aromatic carbocycles. The summed E-state index contributed by atoms with van der Waals surface area (Å²) in [6.45, 7) is 2.65. The fourth-order valence-corrected chi connectivity index (χ4v) is 1.89. The number of hydrogen-bond acceptors (Lipinski definition) is 2. The van der Waals surface area contributed by atoms with E-state index in [1.807, 2.05) is 6.92 Å². The van der Waals surface area contributed by atoms with E-state index in [2.05, 4.69) is 5.10 Å². The summed E-state index contributed by atoms with van der Waals surface area (Å²) in [5, 5.41) is 4.06. The molecule has 1 heterocycles. The van der Waals surface area contributed by atoms with Crippen molar-refractivity contribution in [2.24, 2.45) is 0 Å². The number of carbonyl (C=O) groups excluding carboxylic acids is 1. The normalized spacial score (nSPS) is 10.7. The monoisotopic (exact) mass is 264 g/mol. The van der Waals surface area contributed by atoms with Crippen molar-refractivity contribution >= 4 is 5.78 Å². The second-order valence-corrected chi connectivity index (χ2v) is 4.29. The van der Waals surface area contributed by atoms with Crippen LogP contribution in [-0.2, 0) is 13.0 Å². The third-order valence-corrected chi connectivity index (χ3v) is 2.79. The van der Waals surface area contributed by atoms with Gasteiger partial charge in [0.2, 0.25) is 0 Å². The predicted molar refractivity (Wildman–Crippen MR) is 66.9 cm³/mol. The average Bonchev–Trinajstić information content (AvgIpc) is 2.83. The largest absolute Gasteiger partial charge is 0.292 e. The Morgan fingerprint density at radius 3 is 2.74 bits per heavy atom. The molecule has 0 N–H and O–H groups in total. The minimum atomic E-state index is -0.938. The minimum absolute atomic E-state index is 0.0343. The topological polar surface area (TPSA) is 34.9 Å². The molecule has 0 bridgehead atoms. The van der Waals surface area contributed by atoms with Crippen molar-refractivity contribution in [2.45, 2.75) is 26.3 Å². The fraction of sp³-hybridized carbons (Fsp3) is 0.286. The summed E-state index contributed by atoms with van der Waals surface area (Å²) >= 11 is 0. The van der Waals surface area contributed by atoms with Crippen LogP contribution in [0.2, 0.25) is 0 Å². The van der Waals surface area contributed by atoms with E-state index in [4.69, 9.17) is 0 Å². The Balaban J connectivity index is 2.16. The highest BCUT2D eigenvalue weighted by Crippen LogP contribution is 2.12. The molecular formula is C14H14F2N2O. The molecular weight excluding hydrogens is 250 g/mol. The number of halogens is 2. The Morgan fingerprint density at radius 2 is 2.05 bits per heavy atom. The molecule has 5 heteroatoms. The van der Waals surface area contributed by atoms with Crippen LogP contribution < -0.4 is 0 Å². The lowest BCUT2D eigenvalue weighted by Gasteiger charge is -2.05. The zero-order chi connectivity index (χ0) is 13.8. The summed E-state index contributed by atoms with van der Waals surface area (Å²) in [4.78, 5) is 12.1. The van der Waals surface area contributed by atoms with Gasteiger partial charge in [0.1, 0.15) is 5.69 Å². The van der Waals surface area contributed by atoms with Crippen LogP contribution in [0.25, 0.3) is 0 Å².